The molecule has 2 fully saturated rings. The maximum absolute atomic E-state index is 10.1. The van der Waals surface area contributed by atoms with Gasteiger partial charge in [-0.25, -0.2) is 4.68 Å². The summed E-state index contributed by atoms with van der Waals surface area (Å²) in [4.78, 5) is 0. The molecular formula is C15H20N4O2S. The van der Waals surface area contributed by atoms with Gasteiger partial charge in [-0.15, -0.1) is 5.10 Å². The zero-order valence-corrected chi connectivity index (χ0v) is 13.1. The molecule has 7 heteroatoms. The first-order valence-corrected chi connectivity index (χ1v) is 8.68. The van der Waals surface area contributed by atoms with Crippen molar-refractivity contribution in [2.24, 2.45) is 0 Å². The summed E-state index contributed by atoms with van der Waals surface area (Å²) in [5.41, 5.74) is 2.32. The van der Waals surface area contributed by atoms with Gasteiger partial charge in [-0.1, -0.05) is 5.21 Å². The van der Waals surface area contributed by atoms with E-state index in [0.29, 0.717) is 19.1 Å². The Labute approximate surface area is 133 Å². The summed E-state index contributed by atoms with van der Waals surface area (Å²) in [6.45, 7) is 1.74. The van der Waals surface area contributed by atoms with E-state index in [9.17, 15) is 5.11 Å². The van der Waals surface area contributed by atoms with Crippen LogP contribution in [0, 0.1) is 0 Å². The number of aliphatic hydroxyl groups is 1. The van der Waals surface area contributed by atoms with E-state index >= 15 is 0 Å². The molecule has 3 atom stereocenters. The highest BCUT2D eigenvalue weighted by Gasteiger charge is 2.36. The zero-order chi connectivity index (χ0) is 14.9. The fourth-order valence-electron chi connectivity index (χ4n) is 2.89. The molecule has 6 nitrogen and oxygen atoms in total. The summed E-state index contributed by atoms with van der Waals surface area (Å²) < 4.78 is 7.58. The van der Waals surface area contributed by atoms with Crippen molar-refractivity contribution in [2.45, 2.75) is 50.1 Å². The summed E-state index contributed by atoms with van der Waals surface area (Å²) in [5.74, 6) is 0.608. The van der Waals surface area contributed by atoms with Crippen LogP contribution in [-0.2, 0) is 17.8 Å². The molecule has 0 aromatic carbocycles. The van der Waals surface area contributed by atoms with E-state index in [2.05, 4.69) is 32.5 Å². The van der Waals surface area contributed by atoms with Gasteiger partial charge in [0.2, 0.25) is 0 Å². The van der Waals surface area contributed by atoms with Crippen LogP contribution in [0.2, 0.25) is 0 Å². The highest BCUT2D eigenvalue weighted by atomic mass is 32.1. The smallest absolute Gasteiger partial charge is 0.0952 e. The van der Waals surface area contributed by atoms with Gasteiger partial charge in [-0.3, -0.25) is 0 Å². The number of aliphatic hydroxyl groups excluding tert-OH is 1. The third-order valence-corrected chi connectivity index (χ3v) is 5.07. The molecule has 1 aliphatic carbocycles. The van der Waals surface area contributed by atoms with Crippen LogP contribution in [0.15, 0.2) is 23.0 Å². The third-order valence-electron chi connectivity index (χ3n) is 4.34. The Morgan fingerprint density at radius 2 is 2.36 bits per heavy atom. The molecule has 0 radical (unpaired) electrons. The fourth-order valence-corrected chi connectivity index (χ4v) is 3.56. The second-order valence-electron chi connectivity index (χ2n) is 6.12. The predicted molar refractivity (Wildman–Crippen MR) is 82.7 cm³/mol. The lowest BCUT2D eigenvalue weighted by atomic mass is 10.1. The van der Waals surface area contributed by atoms with Crippen molar-refractivity contribution in [3.63, 3.8) is 0 Å². The van der Waals surface area contributed by atoms with Gasteiger partial charge in [-0.2, -0.15) is 11.3 Å². The number of hydrogen-bond acceptors (Lipinski definition) is 6. The highest BCUT2D eigenvalue weighted by Crippen LogP contribution is 2.38. The summed E-state index contributed by atoms with van der Waals surface area (Å²) >= 11 is 1.68. The number of thiophene rings is 1. The largest absolute Gasteiger partial charge is 0.389 e. The lowest BCUT2D eigenvalue weighted by Gasteiger charge is -2.21. The predicted octanol–water partition coefficient (Wildman–Crippen LogP) is 1.14. The molecule has 0 unspecified atom stereocenters. The summed E-state index contributed by atoms with van der Waals surface area (Å²) in [7, 11) is 0. The highest BCUT2D eigenvalue weighted by molar-refractivity contribution is 7.07. The van der Waals surface area contributed by atoms with Crippen LogP contribution < -0.4 is 5.32 Å². The molecule has 2 aromatic heterocycles. The Morgan fingerprint density at radius 1 is 1.45 bits per heavy atom. The molecule has 2 aromatic rings. The summed E-state index contributed by atoms with van der Waals surface area (Å²) in [5, 5.41) is 26.1. The molecule has 0 spiro atoms. The average molecular weight is 320 g/mol. The SMILES string of the molecule is O[C@H]1CO[C@H](Cn2cc(C3CC3)nn2)[C@@H]1NCc1ccsc1. The second-order valence-corrected chi connectivity index (χ2v) is 6.90. The van der Waals surface area contributed by atoms with Crippen LogP contribution in [0.1, 0.15) is 30.0 Å². The Hall–Kier alpha value is -1.28. The van der Waals surface area contributed by atoms with E-state index in [1.807, 2.05) is 10.9 Å². The minimum atomic E-state index is -0.477. The van der Waals surface area contributed by atoms with E-state index in [1.54, 1.807) is 11.3 Å². The van der Waals surface area contributed by atoms with E-state index in [1.165, 1.54) is 18.4 Å². The minimum absolute atomic E-state index is 0.0755. The molecule has 1 saturated heterocycles. The quantitative estimate of drug-likeness (QED) is 0.835. The van der Waals surface area contributed by atoms with Crippen LogP contribution in [0.4, 0.5) is 0 Å². The van der Waals surface area contributed by atoms with Gasteiger partial charge in [0, 0.05) is 18.7 Å². The van der Waals surface area contributed by atoms with E-state index in [0.717, 1.165) is 12.2 Å². The maximum atomic E-state index is 10.1. The van der Waals surface area contributed by atoms with Gasteiger partial charge in [0.1, 0.15) is 0 Å². The van der Waals surface area contributed by atoms with E-state index in [4.69, 9.17) is 4.74 Å². The van der Waals surface area contributed by atoms with Crippen molar-refractivity contribution in [3.05, 3.63) is 34.3 Å². The Morgan fingerprint density at radius 3 is 3.14 bits per heavy atom. The second kappa shape index (κ2) is 6.08. The number of aromatic nitrogens is 3. The molecular weight excluding hydrogens is 300 g/mol. The number of ether oxygens (including phenoxy) is 1. The standard InChI is InChI=1S/C15H20N4O2S/c20-13-8-21-14(15(13)16-5-10-3-4-22-9-10)7-19-6-12(17-18-19)11-1-2-11/h3-4,6,9,11,13-16,20H,1-2,5,7-8H2/t13-,14+,15+/m0/s1. The maximum Gasteiger partial charge on any atom is 0.0952 e. The molecule has 2 aliphatic rings. The molecule has 1 saturated carbocycles. The van der Waals surface area contributed by atoms with Crippen LogP contribution >= 0.6 is 11.3 Å². The molecule has 0 amide bonds. The van der Waals surface area contributed by atoms with E-state index in [-0.39, 0.29) is 12.1 Å². The lowest BCUT2D eigenvalue weighted by Crippen LogP contribution is -2.44. The van der Waals surface area contributed by atoms with Crippen molar-refractivity contribution >= 4 is 11.3 Å². The molecule has 118 valence electrons. The van der Waals surface area contributed by atoms with Crippen molar-refractivity contribution in [2.75, 3.05) is 6.61 Å². The fraction of sp³-hybridized carbons (Fsp3) is 0.600. The first-order valence-electron chi connectivity index (χ1n) is 7.74. The molecule has 3 heterocycles. The van der Waals surface area contributed by atoms with Gasteiger partial charge in [-0.05, 0) is 35.2 Å². The van der Waals surface area contributed by atoms with Crippen molar-refractivity contribution in [1.82, 2.24) is 20.3 Å². The minimum Gasteiger partial charge on any atom is -0.389 e. The first kappa shape index (κ1) is 14.3. The van der Waals surface area contributed by atoms with Gasteiger partial charge >= 0.3 is 0 Å². The summed E-state index contributed by atoms with van der Waals surface area (Å²) in [6, 6.07) is 2.02. The molecule has 1 aliphatic heterocycles. The van der Waals surface area contributed by atoms with Crippen molar-refractivity contribution in [1.29, 1.82) is 0 Å². The molecule has 22 heavy (non-hydrogen) atoms. The zero-order valence-electron chi connectivity index (χ0n) is 12.3. The average Bonchev–Trinajstić information content (AvgIpc) is 2.92. The molecule has 2 N–H and O–H groups in total. The van der Waals surface area contributed by atoms with Crippen LogP contribution in [-0.4, -0.2) is 45.0 Å². The lowest BCUT2D eigenvalue weighted by molar-refractivity contribution is 0.0741. The Bertz CT molecular complexity index is 611. The number of nitrogens with one attached hydrogen (secondary N) is 1. The first-order chi connectivity index (χ1) is 10.8. The number of nitrogens with zero attached hydrogens (tertiary/aromatic N) is 3. The number of hydrogen-bond donors (Lipinski definition) is 2. The van der Waals surface area contributed by atoms with Crippen LogP contribution in [0.25, 0.3) is 0 Å². The van der Waals surface area contributed by atoms with Crippen LogP contribution in [0.3, 0.4) is 0 Å². The Kier molecular flexibility index (Phi) is 3.96. The molecule has 4 rings (SSSR count). The van der Waals surface area contributed by atoms with Crippen LogP contribution in [0.5, 0.6) is 0 Å². The third kappa shape index (κ3) is 3.08. The van der Waals surface area contributed by atoms with Gasteiger partial charge in [0.05, 0.1) is 37.1 Å². The number of rotatable bonds is 6. The molecule has 0 bridgehead atoms. The Balaban J connectivity index is 1.38. The van der Waals surface area contributed by atoms with Crippen molar-refractivity contribution in [3.8, 4) is 0 Å². The van der Waals surface area contributed by atoms with Crippen molar-refractivity contribution < 1.29 is 9.84 Å². The topological polar surface area (TPSA) is 72.2 Å². The normalized spacial score (nSPS) is 28.3. The van der Waals surface area contributed by atoms with Gasteiger partial charge in [0.25, 0.3) is 0 Å². The van der Waals surface area contributed by atoms with Gasteiger partial charge < -0.3 is 15.2 Å². The van der Waals surface area contributed by atoms with E-state index < -0.39 is 6.10 Å². The van der Waals surface area contributed by atoms with Gasteiger partial charge in [0.15, 0.2) is 0 Å². The monoisotopic (exact) mass is 320 g/mol. The summed E-state index contributed by atoms with van der Waals surface area (Å²) in [6.07, 6.45) is 3.91.